The first-order chi connectivity index (χ1) is 12.1. The number of fused-ring (bicyclic) bond motifs is 3. The van der Waals surface area contributed by atoms with Gasteiger partial charge in [0.05, 0.1) is 32.6 Å². The summed E-state index contributed by atoms with van der Waals surface area (Å²) in [6.45, 7) is 2.59. The Hall–Kier alpha value is -2.54. The molecule has 0 amide bonds. The van der Waals surface area contributed by atoms with Gasteiger partial charge in [-0.15, -0.1) is 0 Å². The number of hydrogen-bond acceptors (Lipinski definition) is 5. The molecule has 1 aliphatic rings. The molecule has 7 nitrogen and oxygen atoms in total. The molecule has 0 saturated carbocycles. The highest BCUT2D eigenvalue weighted by molar-refractivity contribution is 6.08. The highest BCUT2D eigenvalue weighted by Gasteiger charge is 2.19. The Labute approximate surface area is 145 Å². The minimum atomic E-state index is -0.0685. The molecule has 3 heterocycles. The van der Waals surface area contributed by atoms with Crippen molar-refractivity contribution in [3.63, 3.8) is 0 Å². The number of aromatic nitrogens is 3. The normalized spacial score (nSPS) is 15.3. The maximum absolute atomic E-state index is 13.0. The molecule has 0 radical (unpaired) electrons. The molecular weight excluding hydrogens is 320 g/mol. The fraction of sp³-hybridized carbons (Fsp3) is 0.444. The largest absolute Gasteiger partial charge is 0.493 e. The van der Waals surface area contributed by atoms with Gasteiger partial charge in [0.25, 0.3) is 5.56 Å². The third-order valence-electron chi connectivity index (χ3n) is 5.04. The Kier molecular flexibility index (Phi) is 3.88. The quantitative estimate of drug-likeness (QED) is 0.725. The van der Waals surface area contributed by atoms with Crippen molar-refractivity contribution in [2.45, 2.75) is 19.5 Å². The van der Waals surface area contributed by atoms with Crippen LogP contribution < -0.4 is 15.0 Å². The number of ether oxygens (including phenoxy) is 2. The van der Waals surface area contributed by atoms with Crippen LogP contribution in [0.15, 0.2) is 23.1 Å². The Balaban J connectivity index is 1.92. The third kappa shape index (κ3) is 2.46. The second-order valence-corrected chi connectivity index (χ2v) is 6.46. The molecule has 1 saturated heterocycles. The van der Waals surface area contributed by atoms with Crippen molar-refractivity contribution in [3.8, 4) is 11.5 Å². The minimum Gasteiger partial charge on any atom is -0.493 e. The van der Waals surface area contributed by atoms with Crippen molar-refractivity contribution in [2.75, 3.05) is 27.3 Å². The van der Waals surface area contributed by atoms with Gasteiger partial charge in [-0.25, -0.2) is 4.68 Å². The summed E-state index contributed by atoms with van der Waals surface area (Å²) in [7, 11) is 5.12. The van der Waals surface area contributed by atoms with E-state index in [1.165, 1.54) is 12.8 Å². The van der Waals surface area contributed by atoms with E-state index in [-0.39, 0.29) is 5.56 Å². The Morgan fingerprint density at radius 2 is 1.76 bits per heavy atom. The maximum atomic E-state index is 13.0. The Morgan fingerprint density at radius 3 is 2.44 bits per heavy atom. The van der Waals surface area contributed by atoms with Crippen molar-refractivity contribution in [2.24, 2.45) is 7.05 Å². The lowest BCUT2D eigenvalue weighted by Crippen LogP contribution is -2.32. The number of benzene rings is 1. The van der Waals surface area contributed by atoms with Crippen LogP contribution in [0.1, 0.15) is 12.8 Å². The average molecular weight is 342 g/mol. The van der Waals surface area contributed by atoms with Gasteiger partial charge in [-0.3, -0.25) is 9.69 Å². The summed E-state index contributed by atoms with van der Waals surface area (Å²) in [5, 5.41) is 6.18. The van der Waals surface area contributed by atoms with Crippen LogP contribution >= 0.6 is 0 Å². The average Bonchev–Trinajstić information content (AvgIpc) is 3.23. The third-order valence-corrected chi connectivity index (χ3v) is 5.04. The number of likely N-dealkylation sites (tertiary alicyclic amines) is 1. The molecule has 0 bridgehead atoms. The fourth-order valence-corrected chi connectivity index (χ4v) is 3.70. The molecular formula is C18H22N4O3. The first-order valence-corrected chi connectivity index (χ1v) is 8.46. The van der Waals surface area contributed by atoms with Gasteiger partial charge < -0.3 is 14.0 Å². The molecule has 132 valence electrons. The van der Waals surface area contributed by atoms with Crippen LogP contribution in [-0.4, -0.2) is 46.6 Å². The van der Waals surface area contributed by atoms with Gasteiger partial charge in [-0.05, 0) is 32.0 Å². The van der Waals surface area contributed by atoms with Crippen molar-refractivity contribution in [3.05, 3.63) is 28.7 Å². The SMILES string of the molecule is COc1cc2c3cnn(CN4CCCC4)c(=O)c3n(C)c2cc1OC. The van der Waals surface area contributed by atoms with E-state index in [0.29, 0.717) is 23.7 Å². The van der Waals surface area contributed by atoms with Crippen LogP contribution in [0.3, 0.4) is 0 Å². The zero-order chi connectivity index (χ0) is 17.6. The van der Waals surface area contributed by atoms with Crippen LogP contribution in [0.25, 0.3) is 21.8 Å². The van der Waals surface area contributed by atoms with Gasteiger partial charge in [0.1, 0.15) is 5.52 Å². The first-order valence-electron chi connectivity index (χ1n) is 8.46. The molecule has 1 aliphatic heterocycles. The zero-order valence-electron chi connectivity index (χ0n) is 14.8. The second kappa shape index (κ2) is 6.07. The van der Waals surface area contributed by atoms with Crippen molar-refractivity contribution < 1.29 is 9.47 Å². The van der Waals surface area contributed by atoms with Gasteiger partial charge >= 0.3 is 0 Å². The van der Waals surface area contributed by atoms with Gasteiger partial charge in [0, 0.05) is 23.9 Å². The Morgan fingerprint density at radius 1 is 1.08 bits per heavy atom. The highest BCUT2D eigenvalue weighted by Crippen LogP contribution is 2.36. The second-order valence-electron chi connectivity index (χ2n) is 6.46. The number of hydrogen-bond donors (Lipinski definition) is 0. The van der Waals surface area contributed by atoms with Crippen LogP contribution in [0.2, 0.25) is 0 Å². The predicted octanol–water partition coefficient (Wildman–Crippen LogP) is 1.96. The smallest absolute Gasteiger partial charge is 0.292 e. The molecule has 2 aromatic heterocycles. The van der Waals surface area contributed by atoms with Gasteiger partial charge in [-0.1, -0.05) is 0 Å². The van der Waals surface area contributed by atoms with E-state index >= 15 is 0 Å². The molecule has 25 heavy (non-hydrogen) atoms. The zero-order valence-corrected chi connectivity index (χ0v) is 14.8. The first kappa shape index (κ1) is 16.0. The summed E-state index contributed by atoms with van der Waals surface area (Å²) in [4.78, 5) is 15.3. The summed E-state index contributed by atoms with van der Waals surface area (Å²) in [6, 6.07) is 3.81. The van der Waals surface area contributed by atoms with E-state index in [4.69, 9.17) is 9.47 Å². The van der Waals surface area contributed by atoms with E-state index < -0.39 is 0 Å². The number of aryl methyl sites for hydroxylation is 1. The fourth-order valence-electron chi connectivity index (χ4n) is 3.70. The van der Waals surface area contributed by atoms with Crippen LogP contribution in [-0.2, 0) is 13.7 Å². The maximum Gasteiger partial charge on any atom is 0.292 e. The van der Waals surface area contributed by atoms with Gasteiger partial charge in [-0.2, -0.15) is 5.10 Å². The van der Waals surface area contributed by atoms with Crippen LogP contribution in [0.4, 0.5) is 0 Å². The molecule has 0 N–H and O–H groups in total. The van der Waals surface area contributed by atoms with E-state index in [0.717, 1.165) is 29.4 Å². The molecule has 1 aromatic carbocycles. The number of methoxy groups -OCH3 is 2. The van der Waals surface area contributed by atoms with Crippen molar-refractivity contribution in [1.82, 2.24) is 19.2 Å². The standard InChI is InChI=1S/C18H22N4O3/c1-20-14-9-16(25-3)15(24-2)8-12(14)13-10-19-22(18(23)17(13)20)11-21-6-4-5-7-21/h8-10H,4-7,11H2,1-3H3. The number of rotatable bonds is 4. The topological polar surface area (TPSA) is 61.5 Å². The number of nitrogens with zero attached hydrogens (tertiary/aromatic N) is 4. The molecule has 7 heteroatoms. The molecule has 4 rings (SSSR count). The molecule has 1 fully saturated rings. The van der Waals surface area contributed by atoms with Crippen LogP contribution in [0.5, 0.6) is 11.5 Å². The highest BCUT2D eigenvalue weighted by atomic mass is 16.5. The molecule has 0 aliphatic carbocycles. The van der Waals surface area contributed by atoms with E-state index in [9.17, 15) is 4.79 Å². The lowest BCUT2D eigenvalue weighted by atomic mass is 10.2. The van der Waals surface area contributed by atoms with Crippen LogP contribution in [0, 0.1) is 0 Å². The van der Waals surface area contributed by atoms with Gasteiger partial charge in [0.15, 0.2) is 11.5 Å². The minimum absolute atomic E-state index is 0.0685. The summed E-state index contributed by atoms with van der Waals surface area (Å²) < 4.78 is 14.3. The van der Waals surface area contributed by atoms with E-state index in [1.807, 2.05) is 23.7 Å². The van der Waals surface area contributed by atoms with E-state index in [2.05, 4.69) is 10.00 Å². The van der Waals surface area contributed by atoms with Gasteiger partial charge in [0.2, 0.25) is 0 Å². The van der Waals surface area contributed by atoms with Crippen molar-refractivity contribution in [1.29, 1.82) is 0 Å². The van der Waals surface area contributed by atoms with Crippen molar-refractivity contribution >= 4 is 21.8 Å². The lowest BCUT2D eigenvalue weighted by Gasteiger charge is -2.15. The molecule has 0 unspecified atom stereocenters. The monoisotopic (exact) mass is 342 g/mol. The molecule has 3 aromatic rings. The summed E-state index contributed by atoms with van der Waals surface area (Å²) in [5.41, 5.74) is 1.51. The molecule has 0 atom stereocenters. The summed E-state index contributed by atoms with van der Waals surface area (Å²) >= 11 is 0. The Bertz CT molecular complexity index is 999. The lowest BCUT2D eigenvalue weighted by molar-refractivity contribution is 0.249. The van der Waals surface area contributed by atoms with E-state index in [1.54, 1.807) is 25.1 Å². The predicted molar refractivity (Wildman–Crippen MR) is 96.4 cm³/mol. The summed E-state index contributed by atoms with van der Waals surface area (Å²) in [6.07, 6.45) is 4.15. The molecule has 0 spiro atoms. The summed E-state index contributed by atoms with van der Waals surface area (Å²) in [5.74, 6) is 1.29.